The first-order chi connectivity index (χ1) is 8.99. The van der Waals surface area contributed by atoms with Gasteiger partial charge in [-0.2, -0.15) is 0 Å². The monoisotopic (exact) mass is 371 g/mol. The van der Waals surface area contributed by atoms with E-state index in [0.29, 0.717) is 12.3 Å². The van der Waals surface area contributed by atoms with Crippen molar-refractivity contribution >= 4 is 34.2 Å². The predicted molar refractivity (Wildman–Crippen MR) is 90.2 cm³/mol. The average molecular weight is 371 g/mol. The number of halogens is 1. The molecule has 1 unspecified atom stereocenters. The number of nitrogens with one attached hydrogen (secondary N) is 1. The van der Waals surface area contributed by atoms with Crippen LogP contribution in [0.2, 0.25) is 0 Å². The number of amides is 1. The highest BCUT2D eigenvalue weighted by Crippen LogP contribution is 2.18. The van der Waals surface area contributed by atoms with Gasteiger partial charge >= 0.3 is 0 Å². The Morgan fingerprint density at radius 1 is 1.37 bits per heavy atom. The Balaban J connectivity index is 2.39. The molecule has 1 rings (SSSR count). The SMILES string of the molecule is CC(C)=CCCC(C)CC(=O)Nc1ccccc1I. The van der Waals surface area contributed by atoms with Crippen molar-refractivity contribution in [3.05, 3.63) is 39.5 Å². The topological polar surface area (TPSA) is 29.1 Å². The third-order valence-corrected chi connectivity index (χ3v) is 3.83. The van der Waals surface area contributed by atoms with E-state index >= 15 is 0 Å². The maximum atomic E-state index is 11.9. The number of para-hydroxylation sites is 1. The number of allylic oxidation sites excluding steroid dienone is 2. The number of hydrogen-bond donors (Lipinski definition) is 1. The molecule has 2 nitrogen and oxygen atoms in total. The highest BCUT2D eigenvalue weighted by atomic mass is 127. The van der Waals surface area contributed by atoms with E-state index in [1.165, 1.54) is 5.57 Å². The highest BCUT2D eigenvalue weighted by Gasteiger charge is 2.09. The van der Waals surface area contributed by atoms with E-state index in [9.17, 15) is 4.79 Å². The molecule has 0 aliphatic heterocycles. The summed E-state index contributed by atoms with van der Waals surface area (Å²) < 4.78 is 1.07. The summed E-state index contributed by atoms with van der Waals surface area (Å²) in [4.78, 5) is 11.9. The number of benzene rings is 1. The molecule has 1 amide bonds. The molecule has 0 fully saturated rings. The Kier molecular flexibility index (Phi) is 7.13. The molecule has 0 saturated heterocycles. The molecule has 104 valence electrons. The lowest BCUT2D eigenvalue weighted by molar-refractivity contribution is -0.117. The van der Waals surface area contributed by atoms with Crippen LogP contribution in [0.4, 0.5) is 5.69 Å². The van der Waals surface area contributed by atoms with Gasteiger partial charge in [0.05, 0.1) is 5.69 Å². The summed E-state index contributed by atoms with van der Waals surface area (Å²) in [7, 11) is 0. The van der Waals surface area contributed by atoms with Gasteiger partial charge in [0, 0.05) is 9.99 Å². The van der Waals surface area contributed by atoms with Gasteiger partial charge in [-0.15, -0.1) is 0 Å². The zero-order valence-electron chi connectivity index (χ0n) is 11.9. The molecule has 0 spiro atoms. The second-order valence-corrected chi connectivity index (χ2v) is 6.36. The minimum atomic E-state index is 0.105. The van der Waals surface area contributed by atoms with Gasteiger partial charge in [-0.05, 0) is 67.3 Å². The third-order valence-electron chi connectivity index (χ3n) is 2.89. The molecule has 1 aromatic rings. The smallest absolute Gasteiger partial charge is 0.224 e. The van der Waals surface area contributed by atoms with Gasteiger partial charge in [0.2, 0.25) is 5.91 Å². The van der Waals surface area contributed by atoms with Crippen LogP contribution < -0.4 is 5.32 Å². The fourth-order valence-electron chi connectivity index (χ4n) is 1.84. The summed E-state index contributed by atoms with van der Waals surface area (Å²) in [6, 6.07) is 7.84. The van der Waals surface area contributed by atoms with Gasteiger partial charge in [-0.1, -0.05) is 30.7 Å². The lowest BCUT2D eigenvalue weighted by Gasteiger charge is -2.11. The van der Waals surface area contributed by atoms with E-state index in [2.05, 4.69) is 54.8 Å². The van der Waals surface area contributed by atoms with E-state index in [4.69, 9.17) is 0 Å². The Morgan fingerprint density at radius 2 is 2.05 bits per heavy atom. The molecule has 0 aromatic heterocycles. The molecular weight excluding hydrogens is 349 g/mol. The van der Waals surface area contributed by atoms with Crippen molar-refractivity contribution in [1.29, 1.82) is 0 Å². The van der Waals surface area contributed by atoms with Crippen LogP contribution in [0, 0.1) is 9.49 Å². The molecule has 19 heavy (non-hydrogen) atoms. The lowest BCUT2D eigenvalue weighted by atomic mass is 10.0. The van der Waals surface area contributed by atoms with Crippen molar-refractivity contribution in [3.8, 4) is 0 Å². The van der Waals surface area contributed by atoms with Crippen molar-refractivity contribution < 1.29 is 4.79 Å². The molecule has 3 heteroatoms. The molecule has 1 atom stereocenters. The fourth-order valence-corrected chi connectivity index (χ4v) is 2.36. The Bertz CT molecular complexity index is 450. The van der Waals surface area contributed by atoms with Crippen LogP contribution in [0.1, 0.15) is 40.0 Å². The zero-order valence-corrected chi connectivity index (χ0v) is 14.0. The summed E-state index contributed by atoms with van der Waals surface area (Å²) in [6.45, 7) is 6.35. The van der Waals surface area contributed by atoms with Gasteiger partial charge in [0.15, 0.2) is 0 Å². The predicted octanol–water partition coefficient (Wildman–Crippen LogP) is 5.00. The van der Waals surface area contributed by atoms with E-state index < -0.39 is 0 Å². The second kappa shape index (κ2) is 8.35. The number of carbonyl (C=O) groups is 1. The molecule has 1 N–H and O–H groups in total. The summed E-state index contributed by atoms with van der Waals surface area (Å²) in [6.07, 6.45) is 4.93. The van der Waals surface area contributed by atoms with Crippen LogP contribution in [0.25, 0.3) is 0 Å². The largest absolute Gasteiger partial charge is 0.325 e. The molecule has 0 saturated carbocycles. The van der Waals surface area contributed by atoms with Crippen LogP contribution in [0.5, 0.6) is 0 Å². The first-order valence-electron chi connectivity index (χ1n) is 6.66. The summed E-state index contributed by atoms with van der Waals surface area (Å²) >= 11 is 2.23. The fraction of sp³-hybridized carbons (Fsp3) is 0.438. The van der Waals surface area contributed by atoms with Gasteiger partial charge in [0.25, 0.3) is 0 Å². The Labute approximate surface area is 129 Å². The molecular formula is C16H22INO. The number of hydrogen-bond acceptors (Lipinski definition) is 1. The van der Waals surface area contributed by atoms with Crippen LogP contribution in [-0.4, -0.2) is 5.91 Å². The number of rotatable bonds is 6. The minimum absolute atomic E-state index is 0.105. The standard InChI is InChI=1S/C16H22INO/c1-12(2)7-6-8-13(3)11-16(19)18-15-10-5-4-9-14(15)17/h4-5,7,9-10,13H,6,8,11H2,1-3H3,(H,18,19). The van der Waals surface area contributed by atoms with Crippen LogP contribution in [-0.2, 0) is 4.79 Å². The first kappa shape index (κ1) is 16.2. The van der Waals surface area contributed by atoms with E-state index in [1.54, 1.807) is 0 Å². The molecule has 0 heterocycles. The minimum Gasteiger partial charge on any atom is -0.325 e. The molecule has 0 bridgehead atoms. The van der Waals surface area contributed by atoms with Gasteiger partial charge in [0.1, 0.15) is 0 Å². The first-order valence-corrected chi connectivity index (χ1v) is 7.74. The lowest BCUT2D eigenvalue weighted by Crippen LogP contribution is -2.15. The summed E-state index contributed by atoms with van der Waals surface area (Å²) in [5.41, 5.74) is 2.25. The Hall–Kier alpha value is -0.840. The Morgan fingerprint density at radius 3 is 2.68 bits per heavy atom. The summed E-state index contributed by atoms with van der Waals surface area (Å²) in [5.74, 6) is 0.519. The van der Waals surface area contributed by atoms with E-state index in [1.807, 2.05) is 24.3 Å². The molecule has 1 aromatic carbocycles. The van der Waals surface area contributed by atoms with Crippen molar-refractivity contribution in [1.82, 2.24) is 0 Å². The summed E-state index contributed by atoms with van der Waals surface area (Å²) in [5, 5.41) is 2.98. The zero-order chi connectivity index (χ0) is 14.3. The van der Waals surface area contributed by atoms with Crippen LogP contribution in [0.3, 0.4) is 0 Å². The second-order valence-electron chi connectivity index (χ2n) is 5.20. The van der Waals surface area contributed by atoms with Crippen molar-refractivity contribution in [2.45, 2.75) is 40.0 Å². The third kappa shape index (κ3) is 6.76. The maximum absolute atomic E-state index is 11.9. The van der Waals surface area contributed by atoms with Crippen LogP contribution in [0.15, 0.2) is 35.9 Å². The quantitative estimate of drug-likeness (QED) is 0.553. The molecule has 0 radical (unpaired) electrons. The number of carbonyl (C=O) groups excluding carboxylic acids is 1. The van der Waals surface area contributed by atoms with Crippen molar-refractivity contribution in [2.75, 3.05) is 5.32 Å². The molecule has 0 aliphatic rings. The average Bonchev–Trinajstić information content (AvgIpc) is 2.31. The van der Waals surface area contributed by atoms with Crippen molar-refractivity contribution in [2.24, 2.45) is 5.92 Å². The van der Waals surface area contributed by atoms with Gasteiger partial charge in [-0.25, -0.2) is 0 Å². The van der Waals surface area contributed by atoms with Gasteiger partial charge < -0.3 is 5.32 Å². The van der Waals surface area contributed by atoms with Gasteiger partial charge in [-0.3, -0.25) is 4.79 Å². The highest BCUT2D eigenvalue weighted by molar-refractivity contribution is 14.1. The van der Waals surface area contributed by atoms with E-state index in [-0.39, 0.29) is 5.91 Å². The molecule has 0 aliphatic carbocycles. The maximum Gasteiger partial charge on any atom is 0.224 e. The van der Waals surface area contributed by atoms with E-state index in [0.717, 1.165) is 22.1 Å². The number of anilines is 1. The normalized spacial score (nSPS) is 11.8. The van der Waals surface area contributed by atoms with Crippen LogP contribution >= 0.6 is 22.6 Å². The van der Waals surface area contributed by atoms with Crippen molar-refractivity contribution in [3.63, 3.8) is 0 Å².